The van der Waals surface area contributed by atoms with Crippen LogP contribution in [0.3, 0.4) is 0 Å². The number of amides is 1. The van der Waals surface area contributed by atoms with Crippen LogP contribution in [0.4, 0.5) is 0 Å². The van der Waals surface area contributed by atoms with Crippen molar-refractivity contribution in [2.75, 3.05) is 20.3 Å². The highest BCUT2D eigenvalue weighted by Crippen LogP contribution is 2.22. The lowest BCUT2D eigenvalue weighted by Gasteiger charge is -2.08. The molecular formula is C16H22N2O2. The quantitative estimate of drug-likeness (QED) is 0.823. The van der Waals surface area contributed by atoms with Gasteiger partial charge in [0, 0.05) is 25.4 Å². The third-order valence-electron chi connectivity index (χ3n) is 3.40. The second kappa shape index (κ2) is 6.57. The lowest BCUT2D eigenvalue weighted by Crippen LogP contribution is -2.30. The van der Waals surface area contributed by atoms with Gasteiger partial charge in [0.2, 0.25) is 5.91 Å². The summed E-state index contributed by atoms with van der Waals surface area (Å²) < 4.78 is 6.89. The fraction of sp³-hybridized carbons (Fsp3) is 0.438. The van der Waals surface area contributed by atoms with Gasteiger partial charge in [-0.25, -0.2) is 0 Å². The van der Waals surface area contributed by atoms with Gasteiger partial charge >= 0.3 is 0 Å². The minimum absolute atomic E-state index is 0.00693. The zero-order valence-electron chi connectivity index (χ0n) is 12.3. The summed E-state index contributed by atoms with van der Waals surface area (Å²) in [4.78, 5) is 11.8. The third kappa shape index (κ3) is 3.39. The normalized spacial score (nSPS) is 11.2. The predicted octanol–water partition coefficient (Wildman–Crippen LogP) is 2.53. The number of benzene rings is 1. The number of nitrogens with one attached hydrogen (secondary N) is 1. The first-order valence-electron chi connectivity index (χ1n) is 6.96. The maximum absolute atomic E-state index is 11.8. The van der Waals surface area contributed by atoms with Crippen molar-refractivity contribution in [3.05, 3.63) is 36.0 Å². The first kappa shape index (κ1) is 14.6. The molecule has 2 aromatic rings. The van der Waals surface area contributed by atoms with Crippen molar-refractivity contribution >= 4 is 16.8 Å². The van der Waals surface area contributed by atoms with Crippen LogP contribution in [0.15, 0.2) is 30.5 Å². The van der Waals surface area contributed by atoms with Crippen LogP contribution in [-0.2, 0) is 16.1 Å². The minimum atomic E-state index is 0.00693. The molecule has 0 bridgehead atoms. The van der Waals surface area contributed by atoms with Gasteiger partial charge in [0.25, 0.3) is 0 Å². The smallest absolute Gasteiger partial charge is 0.240 e. The third-order valence-corrected chi connectivity index (χ3v) is 3.40. The van der Waals surface area contributed by atoms with E-state index in [4.69, 9.17) is 4.74 Å². The molecule has 0 atom stereocenters. The largest absolute Gasteiger partial charge is 0.383 e. The molecule has 0 aliphatic heterocycles. The summed E-state index contributed by atoms with van der Waals surface area (Å²) in [6.45, 7) is 5.79. The molecule has 2 rings (SSSR count). The van der Waals surface area contributed by atoms with E-state index in [1.54, 1.807) is 7.11 Å². The average Bonchev–Trinajstić information content (AvgIpc) is 2.81. The number of hydrogen-bond donors (Lipinski definition) is 1. The van der Waals surface area contributed by atoms with Gasteiger partial charge in [-0.15, -0.1) is 0 Å². The maximum Gasteiger partial charge on any atom is 0.240 e. The van der Waals surface area contributed by atoms with E-state index in [0.29, 0.717) is 25.6 Å². The first-order valence-corrected chi connectivity index (χ1v) is 6.96. The molecule has 0 saturated heterocycles. The van der Waals surface area contributed by atoms with Crippen LogP contribution in [0, 0.1) is 0 Å². The lowest BCUT2D eigenvalue weighted by atomic mass is 10.0. The van der Waals surface area contributed by atoms with E-state index < -0.39 is 0 Å². The summed E-state index contributed by atoms with van der Waals surface area (Å²) in [6, 6.07) is 8.47. The molecule has 1 N–H and O–H groups in total. The molecule has 4 heteroatoms. The van der Waals surface area contributed by atoms with Gasteiger partial charge in [0.05, 0.1) is 6.61 Å². The van der Waals surface area contributed by atoms with Crippen molar-refractivity contribution in [2.24, 2.45) is 0 Å². The van der Waals surface area contributed by atoms with Gasteiger partial charge in [-0.2, -0.15) is 0 Å². The SMILES string of the molecule is COCCNC(=O)Cn1ccc2cc(C(C)C)ccc21. The summed E-state index contributed by atoms with van der Waals surface area (Å²) in [5.41, 5.74) is 2.41. The highest BCUT2D eigenvalue weighted by molar-refractivity contribution is 5.84. The van der Waals surface area contributed by atoms with E-state index in [2.05, 4.69) is 43.4 Å². The van der Waals surface area contributed by atoms with Crippen LogP contribution in [0.2, 0.25) is 0 Å². The number of ether oxygens (including phenoxy) is 1. The van der Waals surface area contributed by atoms with Crippen molar-refractivity contribution in [3.63, 3.8) is 0 Å². The summed E-state index contributed by atoms with van der Waals surface area (Å²) in [5.74, 6) is 0.521. The predicted molar refractivity (Wildman–Crippen MR) is 80.9 cm³/mol. The molecule has 1 amide bonds. The van der Waals surface area contributed by atoms with E-state index in [-0.39, 0.29) is 5.91 Å². The minimum Gasteiger partial charge on any atom is -0.383 e. The van der Waals surface area contributed by atoms with E-state index in [9.17, 15) is 4.79 Å². The molecule has 0 unspecified atom stereocenters. The molecule has 20 heavy (non-hydrogen) atoms. The molecular weight excluding hydrogens is 252 g/mol. The second-order valence-electron chi connectivity index (χ2n) is 5.26. The highest BCUT2D eigenvalue weighted by Gasteiger charge is 2.07. The number of nitrogens with zero attached hydrogens (tertiary/aromatic N) is 1. The maximum atomic E-state index is 11.8. The Morgan fingerprint density at radius 3 is 2.85 bits per heavy atom. The Labute approximate surface area is 119 Å². The first-order chi connectivity index (χ1) is 9.61. The van der Waals surface area contributed by atoms with Crippen molar-refractivity contribution < 1.29 is 9.53 Å². The number of hydrogen-bond acceptors (Lipinski definition) is 2. The molecule has 108 valence electrons. The van der Waals surface area contributed by atoms with Crippen molar-refractivity contribution in [2.45, 2.75) is 26.3 Å². The van der Waals surface area contributed by atoms with E-state index in [0.717, 1.165) is 5.52 Å². The van der Waals surface area contributed by atoms with Gasteiger partial charge < -0.3 is 14.6 Å². The Morgan fingerprint density at radius 1 is 1.35 bits per heavy atom. The summed E-state index contributed by atoms with van der Waals surface area (Å²) in [5, 5.41) is 4.01. The fourth-order valence-electron chi connectivity index (χ4n) is 2.22. The molecule has 4 nitrogen and oxygen atoms in total. The molecule has 0 saturated carbocycles. The Kier molecular flexibility index (Phi) is 4.79. The zero-order chi connectivity index (χ0) is 14.5. The molecule has 0 aliphatic rings. The van der Waals surface area contributed by atoms with Gasteiger partial charge in [0.1, 0.15) is 6.54 Å². The van der Waals surface area contributed by atoms with Crippen LogP contribution in [0.5, 0.6) is 0 Å². The van der Waals surface area contributed by atoms with E-state index >= 15 is 0 Å². The van der Waals surface area contributed by atoms with Crippen LogP contribution in [0.25, 0.3) is 10.9 Å². The molecule has 0 aliphatic carbocycles. The Bertz CT molecular complexity index is 587. The highest BCUT2D eigenvalue weighted by atomic mass is 16.5. The summed E-state index contributed by atoms with van der Waals surface area (Å²) >= 11 is 0. The van der Waals surface area contributed by atoms with Gasteiger partial charge in [-0.1, -0.05) is 19.9 Å². The molecule has 1 aromatic heterocycles. The van der Waals surface area contributed by atoms with Crippen molar-refractivity contribution in [3.8, 4) is 0 Å². The van der Waals surface area contributed by atoms with Gasteiger partial charge in [-0.3, -0.25) is 4.79 Å². The average molecular weight is 274 g/mol. The molecule has 1 heterocycles. The molecule has 0 fully saturated rings. The number of rotatable bonds is 6. The molecule has 0 spiro atoms. The van der Waals surface area contributed by atoms with Crippen LogP contribution < -0.4 is 5.32 Å². The number of carbonyl (C=O) groups is 1. The van der Waals surface area contributed by atoms with Crippen LogP contribution in [0.1, 0.15) is 25.3 Å². The summed E-state index contributed by atoms with van der Waals surface area (Å²) in [6.07, 6.45) is 1.96. The monoisotopic (exact) mass is 274 g/mol. The standard InChI is InChI=1S/C16H22N2O2/c1-12(2)13-4-5-15-14(10-13)6-8-18(15)11-16(19)17-7-9-20-3/h4-6,8,10,12H,7,9,11H2,1-3H3,(H,17,19). The van der Waals surface area contributed by atoms with Gasteiger partial charge in [0.15, 0.2) is 0 Å². The lowest BCUT2D eigenvalue weighted by molar-refractivity contribution is -0.121. The van der Waals surface area contributed by atoms with Crippen LogP contribution in [-0.4, -0.2) is 30.7 Å². The Hall–Kier alpha value is -1.81. The van der Waals surface area contributed by atoms with Crippen molar-refractivity contribution in [1.29, 1.82) is 0 Å². The number of methoxy groups -OCH3 is 1. The zero-order valence-corrected chi connectivity index (χ0v) is 12.3. The Morgan fingerprint density at radius 2 is 2.15 bits per heavy atom. The second-order valence-corrected chi connectivity index (χ2v) is 5.26. The van der Waals surface area contributed by atoms with E-state index in [1.807, 2.05) is 10.8 Å². The molecule has 1 aromatic carbocycles. The Balaban J connectivity index is 2.09. The topological polar surface area (TPSA) is 43.3 Å². The number of aromatic nitrogens is 1. The molecule has 0 radical (unpaired) electrons. The fourth-order valence-corrected chi connectivity index (χ4v) is 2.22. The summed E-state index contributed by atoms with van der Waals surface area (Å²) in [7, 11) is 1.62. The van der Waals surface area contributed by atoms with Gasteiger partial charge in [-0.05, 0) is 35.1 Å². The number of fused-ring (bicyclic) bond motifs is 1. The van der Waals surface area contributed by atoms with Crippen molar-refractivity contribution in [1.82, 2.24) is 9.88 Å². The van der Waals surface area contributed by atoms with E-state index in [1.165, 1.54) is 10.9 Å². The van der Waals surface area contributed by atoms with Crippen LogP contribution >= 0.6 is 0 Å². The number of carbonyl (C=O) groups excluding carboxylic acids is 1.